The zero-order chi connectivity index (χ0) is 91.1. The van der Waals surface area contributed by atoms with E-state index in [1.807, 2.05) is 32.0 Å². The number of aliphatic hydroxyl groups excluding tert-OH is 5. The van der Waals surface area contributed by atoms with E-state index in [0.29, 0.717) is 12.2 Å². The zero-order valence-corrected chi connectivity index (χ0v) is 71.1. The number of carbonyl (C=O) groups is 8. The number of hydrogen-bond acceptors (Lipinski definition) is 28. The van der Waals surface area contributed by atoms with Crippen molar-refractivity contribution in [2.45, 2.75) is 202 Å². The number of aromatic nitrogens is 3. The number of nitrogens with one attached hydrogen (secondary N) is 7. The van der Waals surface area contributed by atoms with Gasteiger partial charge < -0.3 is 131 Å². The third-order valence-corrected chi connectivity index (χ3v) is 22.9. The number of fused-ring (bicyclic) bond motifs is 15. The number of rotatable bonds is 31. The Morgan fingerprint density at radius 2 is 1.38 bits per heavy atom. The van der Waals surface area contributed by atoms with Crippen molar-refractivity contribution in [1.29, 1.82) is 0 Å². The summed E-state index contributed by atoms with van der Waals surface area (Å²) in [6.45, 7) is 7.40. The largest absolute Gasteiger partial charge is 0.508 e. The number of amides is 6. The SMILES string of the molecule is C#CCOCCOCCOCc1cn([C@H](CC(C)C)C(=O)N[C@@H]2Cc3ccc(c(Cl)c3)Oc3cc4cc(c3O[C@@H]3O[C@H](CO)[C@@H](O)[C@H](O)[C@H]3O[C@H]3C[C@](C)(NCCCCCCCc5ccccc5)[C@H](O)[C@H](C)O3)Oc3ccc(cc3Cl)[C@@H](O)[C@@H]3NC(=O)[C@H](NC(=O)[C@@H]4NC(=O)[C@H](CC(=O)O)NC2=O)c2ccc(O)c(c2)-c2c(O)cc(O)cc2[C@H](C(=O)O)NC3=O)nn1. The molecule has 1 aromatic heterocycles. The van der Waals surface area contributed by atoms with Crippen molar-refractivity contribution < 1.29 is 132 Å². The molecule has 0 spiro atoms. The molecular formula is C88H102Cl2N10O27. The number of carboxylic acid groups (broad SMARTS) is 2. The van der Waals surface area contributed by atoms with E-state index in [2.05, 4.69) is 65.6 Å². The van der Waals surface area contributed by atoms with E-state index in [0.717, 1.165) is 99.2 Å². The minimum atomic E-state index is -2.38. The smallest absolute Gasteiger partial charge is 0.330 e. The van der Waals surface area contributed by atoms with Gasteiger partial charge in [0, 0.05) is 41.1 Å². The van der Waals surface area contributed by atoms with Crippen LogP contribution in [0.3, 0.4) is 0 Å². The third kappa shape index (κ3) is 23.5. The van der Waals surface area contributed by atoms with Gasteiger partial charge in [0.15, 0.2) is 29.9 Å². The molecule has 0 unspecified atom stereocenters. The minimum absolute atomic E-state index is 0.0679. The first-order valence-corrected chi connectivity index (χ1v) is 42.1. The molecule has 7 aliphatic heterocycles. The highest BCUT2D eigenvalue weighted by molar-refractivity contribution is 6.32. The van der Waals surface area contributed by atoms with E-state index in [1.54, 1.807) is 13.8 Å². The van der Waals surface area contributed by atoms with E-state index < -0.39 is 232 Å². The predicted molar refractivity (Wildman–Crippen MR) is 450 cm³/mol. The maximum Gasteiger partial charge on any atom is 0.330 e. The fraction of sp³-hybridized carbons (Fsp3) is 0.455. The van der Waals surface area contributed by atoms with Crippen LogP contribution in [0.15, 0.2) is 115 Å². The Morgan fingerprint density at radius 1 is 0.709 bits per heavy atom. The highest BCUT2D eigenvalue weighted by Gasteiger charge is 2.52. The number of nitrogens with zero attached hydrogens (tertiary/aromatic N) is 3. The Morgan fingerprint density at radius 3 is 2.07 bits per heavy atom. The number of benzene rings is 6. The normalized spacial score (nSPS) is 25.2. The number of aromatic hydroxyl groups is 3. The van der Waals surface area contributed by atoms with Gasteiger partial charge >= 0.3 is 11.9 Å². The van der Waals surface area contributed by atoms with Gasteiger partial charge in [-0.05, 0) is 134 Å². The maximum absolute atomic E-state index is 16.3. The number of hydrogen-bond donors (Lipinski definition) is 17. The van der Waals surface area contributed by atoms with Crippen molar-refractivity contribution in [3.8, 4) is 69.5 Å². The summed E-state index contributed by atoms with van der Waals surface area (Å²) < 4.78 is 57.5. The molecule has 127 heavy (non-hydrogen) atoms. The molecule has 8 heterocycles. The van der Waals surface area contributed by atoms with Gasteiger partial charge in [-0.25, -0.2) is 9.48 Å². The summed E-state index contributed by atoms with van der Waals surface area (Å²) in [5, 5.41) is 141. The zero-order valence-electron chi connectivity index (χ0n) is 69.6. The molecule has 0 aliphatic carbocycles. The van der Waals surface area contributed by atoms with Crippen LogP contribution in [0, 0.1) is 18.3 Å². The number of halogens is 2. The number of carbonyl (C=O) groups excluding carboxylic acids is 6. The summed E-state index contributed by atoms with van der Waals surface area (Å²) in [5.41, 5.74) is -2.09. The molecule has 17 N–H and O–H groups in total. The molecule has 7 aromatic rings. The Kier molecular flexibility index (Phi) is 32.1. The minimum Gasteiger partial charge on any atom is -0.508 e. The lowest BCUT2D eigenvalue weighted by Crippen LogP contribution is -2.65. The summed E-state index contributed by atoms with van der Waals surface area (Å²) in [6, 6.07) is 10.1. The summed E-state index contributed by atoms with van der Waals surface area (Å²) in [5.74, 6) is -14.0. The van der Waals surface area contributed by atoms with Gasteiger partial charge in [-0.3, -0.25) is 33.6 Å². The molecule has 6 aromatic carbocycles. The van der Waals surface area contributed by atoms with Crippen LogP contribution in [-0.4, -0.2) is 232 Å². The Labute approximate surface area is 738 Å². The number of terminal acetylenes is 1. The molecule has 2 saturated heterocycles. The average Bonchev–Trinajstić information content (AvgIpc) is 1.21. The fourth-order valence-electron chi connectivity index (χ4n) is 15.7. The summed E-state index contributed by atoms with van der Waals surface area (Å²) in [6.07, 6.45) is -4.78. The highest BCUT2D eigenvalue weighted by atomic mass is 35.5. The van der Waals surface area contributed by atoms with Gasteiger partial charge in [0.2, 0.25) is 47.5 Å². The molecule has 7 aliphatic rings. The number of aryl methyl sites for hydroxylation is 1. The number of unbranched alkanes of at least 4 members (excludes halogenated alkanes) is 4. The molecule has 37 nitrogen and oxygen atoms in total. The van der Waals surface area contributed by atoms with Gasteiger partial charge in [0.1, 0.15) is 102 Å². The first-order chi connectivity index (χ1) is 60.8. The quantitative estimate of drug-likeness (QED) is 0.0189. The number of ether oxygens (including phenoxy) is 9. The van der Waals surface area contributed by atoms with Crippen LogP contribution in [0.25, 0.3) is 11.1 Å². The van der Waals surface area contributed by atoms with Gasteiger partial charge in [0.05, 0.1) is 74.5 Å². The Balaban J connectivity index is 0.979. The third-order valence-electron chi connectivity index (χ3n) is 22.3. The van der Waals surface area contributed by atoms with Crippen molar-refractivity contribution in [1.82, 2.24) is 52.2 Å². The summed E-state index contributed by atoms with van der Waals surface area (Å²) in [7, 11) is 0. The van der Waals surface area contributed by atoms with Crippen LogP contribution in [0.5, 0.6) is 46.0 Å². The van der Waals surface area contributed by atoms with E-state index >= 15 is 28.8 Å². The number of phenols is 3. The number of aliphatic hydroxyl groups is 5. The van der Waals surface area contributed by atoms with Crippen molar-refractivity contribution in [3.63, 3.8) is 0 Å². The monoisotopic (exact) mass is 1800 g/mol. The van der Waals surface area contributed by atoms with Crippen molar-refractivity contribution >= 4 is 70.6 Å². The van der Waals surface area contributed by atoms with E-state index in [-0.39, 0.29) is 91.6 Å². The summed E-state index contributed by atoms with van der Waals surface area (Å²) >= 11 is 14.5. The van der Waals surface area contributed by atoms with E-state index in [9.17, 15) is 60.7 Å². The predicted octanol–water partition coefficient (Wildman–Crippen LogP) is 5.47. The van der Waals surface area contributed by atoms with Gasteiger partial charge in [-0.2, -0.15) is 0 Å². The lowest BCUT2D eigenvalue weighted by atomic mass is 9.84. The molecule has 39 heteroatoms. The highest BCUT2D eigenvalue weighted by Crippen LogP contribution is 2.50. The lowest BCUT2D eigenvalue weighted by molar-refractivity contribution is -0.334. The maximum atomic E-state index is 16.3. The van der Waals surface area contributed by atoms with Gasteiger partial charge in [-0.15, -0.1) is 11.5 Å². The molecule has 0 saturated carbocycles. The second kappa shape index (κ2) is 43.0. The van der Waals surface area contributed by atoms with Crippen LogP contribution < -0.4 is 51.4 Å². The van der Waals surface area contributed by atoms with Crippen molar-refractivity contribution in [2.24, 2.45) is 5.92 Å². The molecule has 2 fully saturated rings. The van der Waals surface area contributed by atoms with Crippen LogP contribution in [0.4, 0.5) is 0 Å². The second-order valence-corrected chi connectivity index (χ2v) is 33.0. The molecule has 11 bridgehead atoms. The first-order valence-electron chi connectivity index (χ1n) is 41.4. The van der Waals surface area contributed by atoms with Crippen LogP contribution in [-0.2, 0) is 86.2 Å². The van der Waals surface area contributed by atoms with Crippen LogP contribution >= 0.6 is 23.2 Å². The molecular weight excluding hydrogens is 1700 g/mol. The fourth-order valence-corrected chi connectivity index (χ4v) is 16.2. The molecule has 17 atom stereocenters. The molecule has 14 rings (SSSR count). The van der Waals surface area contributed by atoms with Crippen molar-refractivity contribution in [2.75, 3.05) is 46.2 Å². The van der Waals surface area contributed by atoms with E-state index in [1.165, 1.54) is 34.6 Å². The standard InChI is InChI=1S/C88H102Cl2N10O27/c1-6-25-119-26-27-120-28-29-121-43-51-41-100(99-98-51)59(30-44(2)3)82(113)93-57-32-47-18-22-62(55(89)31-47)123-64-35-50-36-65(77(64)127-87-78(76(109)75(108)66(42-101)125-87)126-68-40-88(5,79(110)45(4)122-68)91-24-14-9-7-8-11-15-46-16-12-10-13-17-46)124-63-23-20-49(34-56(63)90)74(107)73-85(116)96-72(86(117)118)54-37-52(102)38-61(104)69(54)53-33-48(19-21-60(53)103)70(83(114)97-73)95-84(115)71(50)94-81(112)58(39-67(105)106)92-80(57)111/h1,10,12-13,16-23,31,33-38,41,44-45,57-59,66,68,70-76,78-79,87,91,101-104,107-110H,7-9,11,14-15,24-30,32,39-40,42-43H2,2-5H3,(H,92,111)(H,93,113)(H,94,112)(H,95,115)(H,96,116)(H,97,114)(H,105,106)(H,117,118)/t45-,57+,58-,59+,66+,68-,70+,71+,72+,73-,74+,75+,76-,78+,79+,87-,88-/m0/s1. The molecule has 6 amide bonds. The van der Waals surface area contributed by atoms with Gasteiger partial charge in [0.25, 0.3) is 0 Å². The molecule has 0 radical (unpaired) electrons. The Bertz CT molecular complexity index is 5160. The van der Waals surface area contributed by atoms with Crippen LogP contribution in [0.1, 0.15) is 148 Å². The van der Waals surface area contributed by atoms with Crippen molar-refractivity contribution in [3.05, 3.63) is 165 Å². The average molecular weight is 1800 g/mol. The van der Waals surface area contributed by atoms with E-state index in [4.69, 9.17) is 72.3 Å². The Hall–Kier alpha value is -11.3. The number of carboxylic acids is 2. The lowest BCUT2D eigenvalue weighted by Gasteiger charge is -2.48. The van der Waals surface area contributed by atoms with Crippen LogP contribution in [0.2, 0.25) is 10.0 Å². The second-order valence-electron chi connectivity index (χ2n) is 32.2. The summed E-state index contributed by atoms with van der Waals surface area (Å²) in [4.78, 5) is 120. The topological polar surface area (TPSA) is 537 Å². The van der Waals surface area contributed by atoms with Gasteiger partial charge in [-0.1, -0.05) is 116 Å². The number of aliphatic carboxylic acids is 2. The number of phenolic OH excluding ortho intramolecular Hbond substituents is 3. The first kappa shape index (κ1) is 94.8. The molecule has 680 valence electrons.